The van der Waals surface area contributed by atoms with Crippen molar-refractivity contribution in [1.29, 1.82) is 0 Å². The molecule has 0 atom stereocenters. The Hall–Kier alpha value is -5.93. The van der Waals surface area contributed by atoms with Gasteiger partial charge in [-0.2, -0.15) is 0 Å². The Labute approximate surface area is 295 Å². The van der Waals surface area contributed by atoms with Crippen LogP contribution in [0.15, 0.2) is 128 Å². The van der Waals surface area contributed by atoms with Crippen molar-refractivity contribution in [3.05, 3.63) is 141 Å². The van der Waals surface area contributed by atoms with E-state index in [9.17, 15) is 14.4 Å². The molecular weight excluding hydrogens is 648 g/mol. The molecule has 0 saturated heterocycles. The topological polar surface area (TPSA) is 125 Å². The molecule has 1 N–H and O–H groups in total. The zero-order chi connectivity index (χ0) is 36.3. The number of esters is 1. The highest BCUT2D eigenvalue weighted by Crippen LogP contribution is 2.26. The van der Waals surface area contributed by atoms with E-state index in [0.29, 0.717) is 53.7 Å². The molecule has 0 aliphatic heterocycles. The predicted molar refractivity (Wildman–Crippen MR) is 198 cm³/mol. The Morgan fingerprint density at radius 2 is 1.12 bits per heavy atom. The van der Waals surface area contributed by atoms with Gasteiger partial charge in [0.2, 0.25) is 0 Å². The van der Waals surface area contributed by atoms with Crippen LogP contribution < -0.4 is 20.7 Å². The normalized spacial score (nSPS) is 10.7. The maximum Gasteiger partial charge on any atom is 0.344 e. The number of fused-ring (bicyclic) bond motifs is 2. The van der Waals surface area contributed by atoms with E-state index in [4.69, 9.17) is 28.2 Å². The fraction of sp³-hybridized carbons (Fsp3) is 0.214. The summed E-state index contributed by atoms with van der Waals surface area (Å²) < 4.78 is 26.4. The van der Waals surface area contributed by atoms with Crippen LogP contribution in [0.3, 0.4) is 0 Å². The maximum absolute atomic E-state index is 12.4. The largest absolute Gasteiger partial charge is 0.497 e. The first-order valence-electron chi connectivity index (χ1n) is 16.5. The van der Waals surface area contributed by atoms with Crippen LogP contribution in [-0.4, -0.2) is 38.5 Å². The quantitative estimate of drug-likeness (QED) is 0.0591. The highest BCUT2D eigenvalue weighted by atomic mass is 16.5. The number of benzene rings is 4. The Balaban J connectivity index is 0.000000201. The van der Waals surface area contributed by atoms with Crippen LogP contribution in [-0.2, 0) is 22.4 Å². The molecule has 0 saturated carbocycles. The molecule has 0 bridgehead atoms. The van der Waals surface area contributed by atoms with E-state index >= 15 is 0 Å². The Bertz CT molecular complexity index is 2250. The number of carbonyl (C=O) groups excluding carboxylic acids is 1. The lowest BCUT2D eigenvalue weighted by Crippen LogP contribution is -2.07. The maximum atomic E-state index is 12.4. The second kappa shape index (κ2) is 17.1. The van der Waals surface area contributed by atoms with E-state index in [1.165, 1.54) is 0 Å². The highest BCUT2D eigenvalue weighted by molar-refractivity contribution is 5.87. The Morgan fingerprint density at radius 1 is 0.667 bits per heavy atom. The zero-order valence-corrected chi connectivity index (χ0v) is 28.9. The van der Waals surface area contributed by atoms with Crippen LogP contribution in [0, 0.1) is 0 Å². The Morgan fingerprint density at radius 3 is 1.53 bits per heavy atom. The standard InChI is InChI=1S/C23H22O5.C19H18O4/c1-15(2)22(24)27-12-4-5-16-6-7-18-14-20(23(25)28-21(18)13-16)17-8-10-19(26-3)11-9-17;1-22-16-8-6-14(7-9-16)17-12-15-5-4-13(3-2-10-20)11-18(15)23-19(17)21/h6-11,13-14H,1,4-5,12H2,2-3H3;4-9,11-12,20H,2-3,10H2,1H3. The third-order valence-corrected chi connectivity index (χ3v) is 8.22. The number of hydrogen-bond acceptors (Lipinski definition) is 9. The molecular formula is C42H40O9. The summed E-state index contributed by atoms with van der Waals surface area (Å²) in [6.07, 6.45) is 2.85. The zero-order valence-electron chi connectivity index (χ0n) is 28.9. The lowest BCUT2D eigenvalue weighted by Gasteiger charge is -2.07. The van der Waals surface area contributed by atoms with Crippen LogP contribution in [0.5, 0.6) is 11.5 Å². The van der Waals surface area contributed by atoms with Gasteiger partial charge < -0.3 is 28.2 Å². The van der Waals surface area contributed by atoms with E-state index < -0.39 is 0 Å². The van der Waals surface area contributed by atoms with Crippen LogP contribution >= 0.6 is 0 Å². The summed E-state index contributed by atoms with van der Waals surface area (Å²) >= 11 is 0. The minimum Gasteiger partial charge on any atom is -0.497 e. The lowest BCUT2D eigenvalue weighted by atomic mass is 10.0. The van der Waals surface area contributed by atoms with Gasteiger partial charge in [-0.3, -0.25) is 0 Å². The van der Waals surface area contributed by atoms with E-state index in [2.05, 4.69) is 6.58 Å². The minimum absolute atomic E-state index is 0.151. The second-order valence-electron chi connectivity index (χ2n) is 11.9. The molecule has 2 heterocycles. The van der Waals surface area contributed by atoms with Crippen molar-refractivity contribution in [1.82, 2.24) is 0 Å². The van der Waals surface area contributed by atoms with E-state index in [1.54, 1.807) is 21.1 Å². The summed E-state index contributed by atoms with van der Waals surface area (Å²) in [5, 5.41) is 10.6. The van der Waals surface area contributed by atoms with Gasteiger partial charge in [-0.25, -0.2) is 14.4 Å². The van der Waals surface area contributed by atoms with Crippen molar-refractivity contribution in [3.63, 3.8) is 0 Å². The van der Waals surface area contributed by atoms with E-state index in [0.717, 1.165) is 50.9 Å². The molecule has 2 aromatic heterocycles. The number of aliphatic hydroxyl groups is 1. The van der Waals surface area contributed by atoms with E-state index in [-0.39, 0.29) is 23.8 Å². The SMILES string of the molecule is C=C(C)C(=O)OCCCc1ccc2cc(-c3ccc(OC)cc3)c(=O)oc2c1.COc1ccc(-c2cc3ccc(CCCO)cc3oc2=O)cc1. The summed E-state index contributed by atoms with van der Waals surface area (Å²) in [6.45, 7) is 5.64. The molecule has 4 aromatic carbocycles. The number of methoxy groups -OCH3 is 2. The molecule has 6 rings (SSSR count). The predicted octanol–water partition coefficient (Wildman–Crippen LogP) is 7.91. The molecule has 6 aromatic rings. The molecule has 9 nitrogen and oxygen atoms in total. The molecule has 0 amide bonds. The van der Waals surface area contributed by atoms with Crippen molar-refractivity contribution >= 4 is 27.9 Å². The number of aryl methyl sites for hydroxylation is 2. The minimum atomic E-state index is -0.384. The molecule has 0 spiro atoms. The van der Waals surface area contributed by atoms with Gasteiger partial charge >= 0.3 is 17.2 Å². The summed E-state index contributed by atoms with van der Waals surface area (Å²) in [5.74, 6) is 1.09. The first-order valence-corrected chi connectivity index (χ1v) is 16.5. The monoisotopic (exact) mass is 688 g/mol. The van der Waals surface area contributed by atoms with Crippen LogP contribution in [0.4, 0.5) is 0 Å². The molecule has 0 radical (unpaired) electrons. The van der Waals surface area contributed by atoms with Crippen molar-refractivity contribution < 1.29 is 32.9 Å². The second-order valence-corrected chi connectivity index (χ2v) is 11.9. The summed E-state index contributed by atoms with van der Waals surface area (Å²) in [7, 11) is 3.20. The fourth-order valence-corrected chi connectivity index (χ4v) is 5.41. The van der Waals surface area contributed by atoms with Crippen LogP contribution in [0.1, 0.15) is 30.9 Å². The highest BCUT2D eigenvalue weighted by Gasteiger charge is 2.11. The van der Waals surface area contributed by atoms with Crippen molar-refractivity contribution in [3.8, 4) is 33.8 Å². The number of rotatable bonds is 12. The summed E-state index contributed by atoms with van der Waals surface area (Å²) in [4.78, 5) is 36.1. The van der Waals surface area contributed by atoms with Crippen LogP contribution in [0.25, 0.3) is 44.2 Å². The van der Waals surface area contributed by atoms with Gasteiger partial charge in [0.05, 0.1) is 32.0 Å². The molecule has 51 heavy (non-hydrogen) atoms. The smallest absolute Gasteiger partial charge is 0.344 e. The average molecular weight is 689 g/mol. The van der Waals surface area contributed by atoms with Gasteiger partial charge in [0, 0.05) is 23.0 Å². The van der Waals surface area contributed by atoms with Gasteiger partial charge in [-0.1, -0.05) is 55.1 Å². The number of aliphatic hydroxyl groups excluding tert-OH is 1. The molecule has 9 heteroatoms. The third kappa shape index (κ3) is 9.40. The van der Waals surface area contributed by atoms with Gasteiger partial charge in [0.25, 0.3) is 0 Å². The first-order chi connectivity index (χ1) is 24.7. The average Bonchev–Trinajstić information content (AvgIpc) is 3.15. The van der Waals surface area contributed by atoms with Gasteiger partial charge in [-0.05, 0) is 103 Å². The van der Waals surface area contributed by atoms with Crippen molar-refractivity contribution in [2.24, 2.45) is 0 Å². The first kappa shape index (κ1) is 36.4. The summed E-state index contributed by atoms with van der Waals surface area (Å²) in [5.41, 5.74) is 5.43. The number of ether oxygens (including phenoxy) is 3. The molecule has 0 unspecified atom stereocenters. The van der Waals surface area contributed by atoms with Gasteiger partial charge in [0.15, 0.2) is 0 Å². The Kier molecular flexibility index (Phi) is 12.2. The van der Waals surface area contributed by atoms with E-state index in [1.807, 2.05) is 97.1 Å². The van der Waals surface area contributed by atoms with Crippen molar-refractivity contribution in [2.75, 3.05) is 27.4 Å². The fourth-order valence-electron chi connectivity index (χ4n) is 5.41. The van der Waals surface area contributed by atoms with Gasteiger partial charge in [0.1, 0.15) is 22.7 Å². The van der Waals surface area contributed by atoms with Crippen molar-refractivity contribution in [2.45, 2.75) is 32.6 Å². The number of hydrogen-bond donors (Lipinski definition) is 1. The van der Waals surface area contributed by atoms with Crippen LogP contribution in [0.2, 0.25) is 0 Å². The van der Waals surface area contributed by atoms with Gasteiger partial charge in [-0.15, -0.1) is 0 Å². The summed E-state index contributed by atoms with van der Waals surface area (Å²) in [6, 6.07) is 29.8. The molecule has 0 fully saturated rings. The molecule has 0 aliphatic carbocycles. The third-order valence-electron chi connectivity index (χ3n) is 8.22. The molecule has 0 aliphatic rings. The molecule has 262 valence electrons. The number of carbonyl (C=O) groups is 1. The lowest BCUT2D eigenvalue weighted by molar-refractivity contribution is -0.139.